The summed E-state index contributed by atoms with van der Waals surface area (Å²) in [5.41, 5.74) is 2.70. The molecule has 27 heavy (non-hydrogen) atoms. The summed E-state index contributed by atoms with van der Waals surface area (Å²) in [5.74, 6) is 0.160. The van der Waals surface area contributed by atoms with E-state index in [1.165, 1.54) is 0 Å². The number of amides is 2. The predicted octanol–water partition coefficient (Wildman–Crippen LogP) is 2.42. The number of aromatic amines is 1. The highest BCUT2D eigenvalue weighted by molar-refractivity contribution is 6.06. The van der Waals surface area contributed by atoms with Crippen molar-refractivity contribution in [1.29, 1.82) is 0 Å². The van der Waals surface area contributed by atoms with Gasteiger partial charge in [-0.1, -0.05) is 18.2 Å². The number of aromatic nitrogens is 2. The lowest BCUT2D eigenvalue weighted by Crippen LogP contribution is -2.37. The molecule has 2 amide bonds. The molecule has 3 aromatic rings. The Morgan fingerprint density at radius 1 is 1.04 bits per heavy atom. The van der Waals surface area contributed by atoms with Gasteiger partial charge in [-0.3, -0.25) is 9.59 Å². The molecule has 1 saturated heterocycles. The number of hydrogen-bond acceptors (Lipinski definition) is 2. The Balaban J connectivity index is 1.42. The Bertz CT molecular complexity index is 971. The molecule has 6 heteroatoms. The molecular formula is C21H24N4O2. The van der Waals surface area contributed by atoms with Crippen LogP contribution in [0.5, 0.6) is 0 Å². The van der Waals surface area contributed by atoms with Gasteiger partial charge in [0.1, 0.15) is 0 Å². The molecule has 0 unspecified atom stereocenters. The summed E-state index contributed by atoms with van der Waals surface area (Å²) in [6, 6.07) is 9.81. The number of nitrogens with zero attached hydrogens (tertiary/aromatic N) is 3. The van der Waals surface area contributed by atoms with Gasteiger partial charge in [0.2, 0.25) is 5.91 Å². The molecule has 6 nitrogen and oxygen atoms in total. The average Bonchev–Trinajstić information content (AvgIpc) is 3.19. The summed E-state index contributed by atoms with van der Waals surface area (Å²) in [6.45, 7) is 2.52. The lowest BCUT2D eigenvalue weighted by Gasteiger charge is -2.22. The van der Waals surface area contributed by atoms with Crippen LogP contribution in [-0.2, 0) is 18.3 Å². The molecular weight excluding hydrogens is 340 g/mol. The standard InChI is InChI=1S/C21H24N4O2/c1-23-10-7-16(15-23)13-20(26)24-8-4-9-25(12-11-24)21(27)18-14-22-19-6-3-2-5-17(18)19/h2-3,5-7,10,14-15,22H,4,8-9,11-13H2,1H3. The van der Waals surface area contributed by atoms with E-state index >= 15 is 0 Å². The van der Waals surface area contributed by atoms with E-state index in [0.717, 1.165) is 22.9 Å². The van der Waals surface area contributed by atoms with Crippen LogP contribution in [0.4, 0.5) is 0 Å². The normalized spacial score (nSPS) is 15.1. The Kier molecular flexibility index (Phi) is 4.71. The highest BCUT2D eigenvalue weighted by atomic mass is 16.2. The molecule has 0 atom stereocenters. The van der Waals surface area contributed by atoms with Crippen molar-refractivity contribution in [2.75, 3.05) is 26.2 Å². The molecule has 1 fully saturated rings. The number of nitrogens with one attached hydrogen (secondary N) is 1. The summed E-state index contributed by atoms with van der Waals surface area (Å²) in [4.78, 5) is 32.5. The minimum Gasteiger partial charge on any atom is -0.360 e. The van der Waals surface area contributed by atoms with Gasteiger partial charge in [-0.25, -0.2) is 0 Å². The quantitative estimate of drug-likeness (QED) is 0.776. The fourth-order valence-electron chi connectivity index (χ4n) is 3.74. The minimum absolute atomic E-state index is 0.0322. The van der Waals surface area contributed by atoms with Crippen LogP contribution in [0.25, 0.3) is 10.9 Å². The molecule has 1 aromatic carbocycles. The van der Waals surface area contributed by atoms with E-state index in [-0.39, 0.29) is 11.8 Å². The summed E-state index contributed by atoms with van der Waals surface area (Å²) in [7, 11) is 1.95. The zero-order valence-electron chi connectivity index (χ0n) is 15.5. The van der Waals surface area contributed by atoms with E-state index in [0.29, 0.717) is 38.2 Å². The second-order valence-electron chi connectivity index (χ2n) is 7.14. The first-order valence-electron chi connectivity index (χ1n) is 9.36. The Labute approximate surface area is 158 Å². The van der Waals surface area contributed by atoms with Crippen molar-refractivity contribution in [3.63, 3.8) is 0 Å². The number of para-hydroxylation sites is 1. The molecule has 3 heterocycles. The number of aryl methyl sites for hydroxylation is 1. The van der Waals surface area contributed by atoms with Crippen molar-refractivity contribution in [3.8, 4) is 0 Å². The van der Waals surface area contributed by atoms with Crippen LogP contribution in [0.2, 0.25) is 0 Å². The molecule has 0 bridgehead atoms. The third kappa shape index (κ3) is 3.60. The number of carbonyl (C=O) groups excluding carboxylic acids is 2. The molecule has 0 radical (unpaired) electrons. The van der Waals surface area contributed by atoms with Crippen LogP contribution in [-0.4, -0.2) is 57.3 Å². The van der Waals surface area contributed by atoms with E-state index in [1.54, 1.807) is 6.20 Å². The largest absolute Gasteiger partial charge is 0.360 e. The van der Waals surface area contributed by atoms with Gasteiger partial charge in [0.05, 0.1) is 12.0 Å². The molecule has 1 N–H and O–H groups in total. The average molecular weight is 364 g/mol. The van der Waals surface area contributed by atoms with E-state index in [2.05, 4.69) is 4.98 Å². The summed E-state index contributed by atoms with van der Waals surface area (Å²) < 4.78 is 1.95. The molecule has 1 aliphatic rings. The van der Waals surface area contributed by atoms with Crippen LogP contribution in [0.3, 0.4) is 0 Å². The van der Waals surface area contributed by atoms with Crippen LogP contribution >= 0.6 is 0 Å². The third-order valence-electron chi connectivity index (χ3n) is 5.20. The Morgan fingerprint density at radius 2 is 1.81 bits per heavy atom. The van der Waals surface area contributed by atoms with Gasteiger partial charge in [-0.05, 0) is 24.1 Å². The molecule has 4 rings (SSSR count). The first kappa shape index (κ1) is 17.4. The number of fused-ring (bicyclic) bond motifs is 1. The molecule has 2 aromatic heterocycles. The van der Waals surface area contributed by atoms with E-state index < -0.39 is 0 Å². The fraction of sp³-hybridized carbons (Fsp3) is 0.333. The van der Waals surface area contributed by atoms with Crippen LogP contribution in [0.1, 0.15) is 22.3 Å². The topological polar surface area (TPSA) is 61.3 Å². The predicted molar refractivity (Wildman–Crippen MR) is 105 cm³/mol. The van der Waals surface area contributed by atoms with Gasteiger partial charge in [-0.15, -0.1) is 0 Å². The summed E-state index contributed by atoms with van der Waals surface area (Å²) in [6.07, 6.45) is 6.93. The minimum atomic E-state index is 0.0322. The smallest absolute Gasteiger partial charge is 0.256 e. The fourth-order valence-corrected chi connectivity index (χ4v) is 3.74. The molecule has 1 aliphatic heterocycles. The van der Waals surface area contributed by atoms with Crippen LogP contribution < -0.4 is 0 Å². The van der Waals surface area contributed by atoms with Gasteiger partial charge >= 0.3 is 0 Å². The maximum absolute atomic E-state index is 13.0. The van der Waals surface area contributed by atoms with Crippen molar-refractivity contribution in [2.24, 2.45) is 7.05 Å². The summed E-state index contributed by atoms with van der Waals surface area (Å²) in [5, 5.41) is 0.948. The van der Waals surface area contributed by atoms with Crippen molar-refractivity contribution in [3.05, 3.63) is 60.0 Å². The second kappa shape index (κ2) is 7.31. The monoisotopic (exact) mass is 364 g/mol. The maximum Gasteiger partial charge on any atom is 0.256 e. The first-order chi connectivity index (χ1) is 13.1. The summed E-state index contributed by atoms with van der Waals surface area (Å²) >= 11 is 0. The van der Waals surface area contributed by atoms with Gasteiger partial charge in [-0.2, -0.15) is 0 Å². The second-order valence-corrected chi connectivity index (χ2v) is 7.14. The van der Waals surface area contributed by atoms with Crippen LogP contribution in [0.15, 0.2) is 48.9 Å². The first-order valence-corrected chi connectivity index (χ1v) is 9.36. The molecule has 0 spiro atoms. The lowest BCUT2D eigenvalue weighted by atomic mass is 10.1. The maximum atomic E-state index is 13.0. The van der Waals surface area contributed by atoms with Gasteiger partial charge < -0.3 is 19.4 Å². The van der Waals surface area contributed by atoms with E-state index in [9.17, 15) is 9.59 Å². The molecule has 140 valence electrons. The highest BCUT2D eigenvalue weighted by Gasteiger charge is 2.24. The van der Waals surface area contributed by atoms with Crippen molar-refractivity contribution in [1.82, 2.24) is 19.4 Å². The van der Waals surface area contributed by atoms with Crippen molar-refractivity contribution in [2.45, 2.75) is 12.8 Å². The highest BCUT2D eigenvalue weighted by Crippen LogP contribution is 2.20. The zero-order valence-corrected chi connectivity index (χ0v) is 15.5. The van der Waals surface area contributed by atoms with E-state index in [4.69, 9.17) is 0 Å². The molecule has 0 aliphatic carbocycles. The van der Waals surface area contributed by atoms with Crippen molar-refractivity contribution >= 4 is 22.7 Å². The Hall–Kier alpha value is -3.02. The number of benzene rings is 1. The van der Waals surface area contributed by atoms with E-state index in [1.807, 2.05) is 64.1 Å². The number of H-pyrrole nitrogens is 1. The van der Waals surface area contributed by atoms with Crippen molar-refractivity contribution < 1.29 is 9.59 Å². The third-order valence-corrected chi connectivity index (χ3v) is 5.20. The lowest BCUT2D eigenvalue weighted by molar-refractivity contribution is -0.130. The number of hydrogen-bond donors (Lipinski definition) is 1. The number of rotatable bonds is 3. The van der Waals surface area contributed by atoms with Gasteiger partial charge in [0.15, 0.2) is 0 Å². The Morgan fingerprint density at radius 3 is 2.63 bits per heavy atom. The van der Waals surface area contributed by atoms with Gasteiger partial charge in [0.25, 0.3) is 5.91 Å². The van der Waals surface area contributed by atoms with Gasteiger partial charge in [0, 0.05) is 62.7 Å². The van der Waals surface area contributed by atoms with Crippen LogP contribution in [0, 0.1) is 0 Å². The number of carbonyl (C=O) groups is 2. The zero-order chi connectivity index (χ0) is 18.8. The molecule has 0 saturated carbocycles. The SMILES string of the molecule is Cn1ccc(CC(=O)N2CCCN(C(=O)c3c[nH]c4ccccc34)CC2)c1.